The van der Waals surface area contributed by atoms with Crippen LogP contribution in [-0.4, -0.2) is 40.7 Å². The Morgan fingerprint density at radius 1 is 1.12 bits per heavy atom. The van der Waals surface area contributed by atoms with Gasteiger partial charge in [-0.15, -0.1) is 11.3 Å². The molecule has 1 unspecified atom stereocenters. The molecule has 1 aliphatic heterocycles. The number of nitrogens with one attached hydrogen (secondary N) is 2. The van der Waals surface area contributed by atoms with E-state index in [9.17, 15) is 18.8 Å². The molecule has 0 bridgehead atoms. The Bertz CT molecular complexity index is 1230. The summed E-state index contributed by atoms with van der Waals surface area (Å²) in [7, 11) is 0. The summed E-state index contributed by atoms with van der Waals surface area (Å²) in [6, 6.07) is 11.8. The number of hydrogen-bond donors (Lipinski definition) is 2. The molecule has 1 atom stereocenters. The molecule has 2 heterocycles. The summed E-state index contributed by atoms with van der Waals surface area (Å²) < 4.78 is 14.5. The van der Waals surface area contributed by atoms with Crippen molar-refractivity contribution in [3.05, 3.63) is 64.8 Å². The Morgan fingerprint density at radius 3 is 2.59 bits per heavy atom. The van der Waals surface area contributed by atoms with Crippen molar-refractivity contribution in [3.8, 4) is 11.3 Å². The van der Waals surface area contributed by atoms with Gasteiger partial charge in [0.15, 0.2) is 5.13 Å². The highest BCUT2D eigenvalue weighted by atomic mass is 32.1. The highest BCUT2D eigenvalue weighted by molar-refractivity contribution is 7.14. The molecule has 1 saturated heterocycles. The Balaban J connectivity index is 1.40. The highest BCUT2D eigenvalue weighted by Gasteiger charge is 2.29. The maximum atomic E-state index is 14.5. The number of hydrogen-bond acceptors (Lipinski definition) is 5. The third-order valence-corrected chi connectivity index (χ3v) is 6.44. The fourth-order valence-electron chi connectivity index (χ4n) is 3.92. The van der Waals surface area contributed by atoms with E-state index in [2.05, 4.69) is 15.6 Å². The highest BCUT2D eigenvalue weighted by Crippen LogP contribution is 2.29. The Morgan fingerprint density at radius 2 is 1.88 bits per heavy atom. The van der Waals surface area contributed by atoms with Crippen molar-refractivity contribution >= 4 is 39.9 Å². The topological polar surface area (TPSA) is 91.4 Å². The first-order valence-corrected chi connectivity index (χ1v) is 11.9. The quantitative estimate of drug-likeness (QED) is 0.553. The second-order valence-corrected chi connectivity index (χ2v) is 9.22. The SMILES string of the molecule is CC(=O)Nc1ccc(-c2csc(NC(=O)C3CCCN(C(=O)c4ccc(C)cc4)C3)n2)c(F)c1. The molecule has 7 nitrogen and oxygen atoms in total. The summed E-state index contributed by atoms with van der Waals surface area (Å²) >= 11 is 1.21. The standard InChI is InChI=1S/C25H25FN4O3S/c1-15-5-7-17(8-6-15)24(33)30-11-3-4-18(13-30)23(32)29-25-28-22(14-34-25)20-10-9-19(12-21(20)26)27-16(2)31/h5-10,12,14,18H,3-4,11,13H2,1-2H3,(H,27,31)(H,28,29,32). The number of anilines is 2. The molecule has 4 rings (SSSR count). The number of benzene rings is 2. The lowest BCUT2D eigenvalue weighted by Gasteiger charge is -2.32. The van der Waals surface area contributed by atoms with Crippen molar-refractivity contribution in [2.24, 2.45) is 5.92 Å². The van der Waals surface area contributed by atoms with E-state index in [0.29, 0.717) is 41.6 Å². The minimum absolute atomic E-state index is 0.0766. The van der Waals surface area contributed by atoms with E-state index in [1.54, 1.807) is 28.5 Å². The van der Waals surface area contributed by atoms with Gasteiger partial charge < -0.3 is 15.5 Å². The Kier molecular flexibility index (Phi) is 7.02. The van der Waals surface area contributed by atoms with Gasteiger partial charge in [-0.2, -0.15) is 0 Å². The molecule has 2 N–H and O–H groups in total. The smallest absolute Gasteiger partial charge is 0.253 e. The fourth-order valence-corrected chi connectivity index (χ4v) is 4.63. The summed E-state index contributed by atoms with van der Waals surface area (Å²) in [5.41, 5.74) is 2.73. The molecule has 2 aromatic carbocycles. The fraction of sp³-hybridized carbons (Fsp3) is 0.280. The van der Waals surface area contributed by atoms with Gasteiger partial charge in [0.1, 0.15) is 5.82 Å². The molecule has 0 spiro atoms. The monoisotopic (exact) mass is 480 g/mol. The predicted molar refractivity (Wildman–Crippen MR) is 130 cm³/mol. The zero-order chi connectivity index (χ0) is 24.2. The Hall–Kier alpha value is -3.59. The van der Waals surface area contributed by atoms with Gasteiger partial charge in [-0.05, 0) is 50.1 Å². The summed E-state index contributed by atoms with van der Waals surface area (Å²) in [6.07, 6.45) is 1.42. The molecule has 9 heteroatoms. The molecule has 3 aromatic rings. The lowest BCUT2D eigenvalue weighted by atomic mass is 9.96. The third kappa shape index (κ3) is 5.48. The number of aromatic nitrogens is 1. The zero-order valence-electron chi connectivity index (χ0n) is 18.9. The van der Waals surface area contributed by atoms with Gasteiger partial charge in [-0.1, -0.05) is 17.7 Å². The van der Waals surface area contributed by atoms with Crippen LogP contribution in [0, 0.1) is 18.7 Å². The van der Waals surface area contributed by atoms with E-state index in [4.69, 9.17) is 0 Å². The molecule has 0 aliphatic carbocycles. The van der Waals surface area contributed by atoms with E-state index in [1.165, 1.54) is 30.4 Å². The van der Waals surface area contributed by atoms with Crippen molar-refractivity contribution in [2.45, 2.75) is 26.7 Å². The minimum atomic E-state index is -0.521. The van der Waals surface area contributed by atoms with Crippen LogP contribution in [0.1, 0.15) is 35.7 Å². The molecule has 0 radical (unpaired) electrons. The van der Waals surface area contributed by atoms with Crippen LogP contribution in [0.4, 0.5) is 15.2 Å². The molecule has 1 aromatic heterocycles. The number of nitrogens with zero attached hydrogens (tertiary/aromatic N) is 2. The van der Waals surface area contributed by atoms with Gasteiger partial charge >= 0.3 is 0 Å². The average molecular weight is 481 g/mol. The van der Waals surface area contributed by atoms with Crippen molar-refractivity contribution in [3.63, 3.8) is 0 Å². The number of carbonyl (C=O) groups is 3. The number of thiazole rings is 1. The minimum Gasteiger partial charge on any atom is -0.338 e. The molecule has 1 fully saturated rings. The van der Waals surface area contributed by atoms with Crippen LogP contribution < -0.4 is 10.6 Å². The largest absolute Gasteiger partial charge is 0.338 e. The third-order valence-electron chi connectivity index (χ3n) is 5.68. The molecule has 1 aliphatic rings. The molecule has 0 saturated carbocycles. The lowest BCUT2D eigenvalue weighted by Crippen LogP contribution is -2.43. The first-order chi connectivity index (χ1) is 16.3. The number of piperidine rings is 1. The Labute approximate surface area is 201 Å². The van der Waals surface area contributed by atoms with Gasteiger partial charge in [0.05, 0.1) is 11.6 Å². The van der Waals surface area contributed by atoms with Crippen LogP contribution in [-0.2, 0) is 9.59 Å². The summed E-state index contributed by atoms with van der Waals surface area (Å²) in [5.74, 6) is -1.43. The van der Waals surface area contributed by atoms with Crippen molar-refractivity contribution in [1.29, 1.82) is 0 Å². The van der Waals surface area contributed by atoms with Gasteiger partial charge in [-0.25, -0.2) is 9.37 Å². The maximum Gasteiger partial charge on any atom is 0.253 e. The van der Waals surface area contributed by atoms with Gasteiger partial charge in [0.25, 0.3) is 5.91 Å². The van der Waals surface area contributed by atoms with Crippen molar-refractivity contribution in [1.82, 2.24) is 9.88 Å². The number of halogens is 1. The van der Waals surface area contributed by atoms with E-state index < -0.39 is 5.82 Å². The number of amides is 3. The zero-order valence-corrected chi connectivity index (χ0v) is 19.7. The van der Waals surface area contributed by atoms with Crippen LogP contribution >= 0.6 is 11.3 Å². The molecule has 3 amide bonds. The summed E-state index contributed by atoms with van der Waals surface area (Å²) in [5, 5.41) is 7.39. The lowest BCUT2D eigenvalue weighted by molar-refractivity contribution is -0.121. The number of carbonyl (C=O) groups excluding carboxylic acids is 3. The first kappa shape index (κ1) is 23.6. The summed E-state index contributed by atoms with van der Waals surface area (Å²) in [4.78, 5) is 42.9. The van der Waals surface area contributed by atoms with Crippen molar-refractivity contribution < 1.29 is 18.8 Å². The number of likely N-dealkylation sites (tertiary alicyclic amines) is 1. The normalized spacial score (nSPS) is 15.6. The second kappa shape index (κ2) is 10.1. The predicted octanol–water partition coefficient (Wildman–Crippen LogP) is 4.71. The van der Waals surface area contributed by atoms with E-state index >= 15 is 0 Å². The van der Waals surface area contributed by atoms with Crippen LogP contribution in [0.25, 0.3) is 11.3 Å². The first-order valence-electron chi connectivity index (χ1n) is 11.0. The molecular formula is C25H25FN4O3S. The average Bonchev–Trinajstić information content (AvgIpc) is 3.27. The van der Waals surface area contributed by atoms with Gasteiger partial charge in [0.2, 0.25) is 11.8 Å². The molecular weight excluding hydrogens is 455 g/mol. The van der Waals surface area contributed by atoms with Crippen LogP contribution in [0.2, 0.25) is 0 Å². The van der Waals surface area contributed by atoms with E-state index in [1.807, 2.05) is 19.1 Å². The summed E-state index contributed by atoms with van der Waals surface area (Å²) in [6.45, 7) is 4.28. The van der Waals surface area contributed by atoms with Gasteiger partial charge in [-0.3, -0.25) is 14.4 Å². The van der Waals surface area contributed by atoms with Crippen LogP contribution in [0.15, 0.2) is 47.8 Å². The van der Waals surface area contributed by atoms with E-state index in [-0.39, 0.29) is 29.2 Å². The van der Waals surface area contributed by atoms with Crippen LogP contribution in [0.3, 0.4) is 0 Å². The van der Waals surface area contributed by atoms with Crippen LogP contribution in [0.5, 0.6) is 0 Å². The van der Waals surface area contributed by atoms with Gasteiger partial charge in [0, 0.05) is 42.2 Å². The number of aryl methyl sites for hydroxylation is 1. The molecule has 176 valence electrons. The second-order valence-electron chi connectivity index (χ2n) is 8.36. The van der Waals surface area contributed by atoms with Crippen molar-refractivity contribution in [2.75, 3.05) is 23.7 Å². The number of rotatable bonds is 5. The molecule has 34 heavy (non-hydrogen) atoms. The maximum absolute atomic E-state index is 14.5. The van der Waals surface area contributed by atoms with E-state index in [0.717, 1.165) is 12.0 Å².